The third-order valence-electron chi connectivity index (χ3n) is 2.49. The van der Waals surface area contributed by atoms with Crippen LogP contribution in [0.1, 0.15) is 6.92 Å². The number of methoxy groups -OCH3 is 1. The van der Waals surface area contributed by atoms with Crippen LogP contribution >= 0.6 is 0 Å². The molecule has 2 N–H and O–H groups in total. The molecule has 0 spiro atoms. The van der Waals surface area contributed by atoms with Crippen LogP contribution in [-0.4, -0.2) is 36.7 Å². The van der Waals surface area contributed by atoms with Crippen molar-refractivity contribution in [3.63, 3.8) is 0 Å². The molecular weight excluding hydrogens is 451 g/mol. The van der Waals surface area contributed by atoms with Crippen LogP contribution in [0.5, 0.6) is 0 Å². The van der Waals surface area contributed by atoms with Gasteiger partial charge in [0.25, 0.3) is 0 Å². The van der Waals surface area contributed by atoms with Crippen LogP contribution in [0.4, 0.5) is 10.5 Å². The van der Waals surface area contributed by atoms with Crippen LogP contribution in [-0.2, 0) is 37.2 Å². The summed E-state index contributed by atoms with van der Waals surface area (Å²) in [4.78, 5) is 26.2. The van der Waals surface area contributed by atoms with Crippen molar-refractivity contribution in [1.29, 1.82) is 0 Å². The number of anilines is 1. The molecule has 1 heterocycles. The molecule has 0 radical (unpaired) electrons. The zero-order valence-corrected chi connectivity index (χ0v) is 17.1. The molecule has 0 saturated carbocycles. The molecule has 1 aromatic heterocycles. The number of rotatable bonds is 7. The Morgan fingerprint density at radius 3 is 2.90 bits per heavy atom. The molecule has 0 aliphatic rings. The summed E-state index contributed by atoms with van der Waals surface area (Å²) in [5, 5.41) is 5.37. The van der Waals surface area contributed by atoms with E-state index in [1.54, 1.807) is 31.6 Å². The van der Waals surface area contributed by atoms with Crippen molar-refractivity contribution >= 4 is 17.7 Å². The van der Waals surface area contributed by atoms with E-state index in [0.717, 1.165) is 3.93 Å². The fourth-order valence-electron chi connectivity index (χ4n) is 1.46. The van der Waals surface area contributed by atoms with Crippen LogP contribution in [0.15, 0.2) is 24.5 Å². The fraction of sp³-hybridized carbons (Fsp3) is 0.417. The molecule has 7 nitrogen and oxygen atoms in total. The molecule has 1 unspecified atom stereocenters. The van der Waals surface area contributed by atoms with Crippen molar-refractivity contribution in [2.75, 3.05) is 19.0 Å². The second-order valence-electron chi connectivity index (χ2n) is 4.06. The van der Waals surface area contributed by atoms with Crippen molar-refractivity contribution in [3.05, 3.63) is 24.5 Å². The normalized spacial score (nSPS) is 11.1. The summed E-state index contributed by atoms with van der Waals surface area (Å²) in [5.41, 5.74) is 0.624. The molecule has 2 amide bonds. The second kappa shape index (κ2) is 9.65. The standard InChI is InChI=1S/C10H14N3O2.C2H4O2.Hg/c1-8(15-2)6-12-10(14)13-9-4-3-5-11-7-9;1-2(3)4;/h3-5,7-8H,1,6H2,2H3,(H2,12,13,14);1H3,(H,3,4);/q;;+1/p-1. The molecule has 1 aromatic rings. The Morgan fingerprint density at radius 1 is 1.50 bits per heavy atom. The second-order valence-corrected chi connectivity index (χ2v) is 9.02. The maximum atomic E-state index is 11.6. The van der Waals surface area contributed by atoms with Gasteiger partial charge >= 0.3 is 130 Å². The quantitative estimate of drug-likeness (QED) is 0.588. The van der Waals surface area contributed by atoms with Gasteiger partial charge < -0.3 is 0 Å². The summed E-state index contributed by atoms with van der Waals surface area (Å²) in [7, 11) is 1.58. The summed E-state index contributed by atoms with van der Waals surface area (Å²) >= 11 is -1.68. The minimum absolute atomic E-state index is 0.115. The Morgan fingerprint density at radius 2 is 2.30 bits per heavy atom. The number of aromatic nitrogens is 1. The van der Waals surface area contributed by atoms with Crippen molar-refractivity contribution in [1.82, 2.24) is 10.3 Å². The fourth-order valence-corrected chi connectivity index (χ4v) is 5.76. The van der Waals surface area contributed by atoms with E-state index in [1.165, 1.54) is 6.92 Å². The van der Waals surface area contributed by atoms with Crippen LogP contribution in [0.3, 0.4) is 0 Å². The van der Waals surface area contributed by atoms with E-state index < -0.39 is 25.0 Å². The predicted molar refractivity (Wildman–Crippen MR) is 68.6 cm³/mol. The number of amides is 2. The first-order chi connectivity index (χ1) is 9.61. The van der Waals surface area contributed by atoms with Gasteiger partial charge in [-0.05, 0) is 0 Å². The molecule has 1 atom stereocenters. The summed E-state index contributed by atoms with van der Waals surface area (Å²) in [6.07, 6.45) is 3.08. The first-order valence-electron chi connectivity index (χ1n) is 6.23. The monoisotopic (exact) mass is 469 g/mol. The van der Waals surface area contributed by atoms with Gasteiger partial charge in [0, 0.05) is 0 Å². The summed E-state index contributed by atoms with van der Waals surface area (Å²) in [6.45, 7) is 1.78. The molecule has 8 heteroatoms. The average molecular weight is 468 g/mol. The van der Waals surface area contributed by atoms with Crippen molar-refractivity contribution in [3.8, 4) is 0 Å². The molecule has 0 aliphatic carbocycles. The molecule has 0 fully saturated rings. The Bertz CT molecular complexity index is 430. The molecule has 20 heavy (non-hydrogen) atoms. The first kappa shape index (κ1) is 16.8. The molecule has 0 saturated heterocycles. The summed E-state index contributed by atoms with van der Waals surface area (Å²) in [6, 6.07) is 3.17. The maximum absolute atomic E-state index is 11.6. The van der Waals surface area contributed by atoms with Crippen LogP contribution in [0, 0.1) is 0 Å². The van der Waals surface area contributed by atoms with Crippen molar-refractivity contribution in [2.45, 2.75) is 17.0 Å². The summed E-state index contributed by atoms with van der Waals surface area (Å²) < 4.78 is 11.0. The van der Waals surface area contributed by atoms with Crippen LogP contribution < -0.4 is 10.6 Å². The molecule has 1 rings (SSSR count). The van der Waals surface area contributed by atoms with Crippen molar-refractivity contribution < 1.29 is 42.0 Å². The third kappa shape index (κ3) is 7.39. The van der Waals surface area contributed by atoms with Crippen LogP contribution in [0.25, 0.3) is 0 Å². The number of hydrogen-bond donors (Lipinski definition) is 2. The van der Waals surface area contributed by atoms with Gasteiger partial charge in [0.2, 0.25) is 0 Å². The van der Waals surface area contributed by atoms with E-state index in [4.69, 9.17) is 7.38 Å². The zero-order chi connectivity index (χ0) is 14.8. The first-order valence-corrected chi connectivity index (χ1v) is 12.4. The van der Waals surface area contributed by atoms with Crippen molar-refractivity contribution in [2.24, 2.45) is 0 Å². The number of urea groups is 1. The number of nitrogens with zero attached hydrogens (tertiary/aromatic N) is 1. The van der Waals surface area contributed by atoms with Gasteiger partial charge in [-0.25, -0.2) is 0 Å². The zero-order valence-electron chi connectivity index (χ0n) is 11.6. The van der Waals surface area contributed by atoms with Gasteiger partial charge in [0.15, 0.2) is 0 Å². The number of pyridine rings is 1. The number of ether oxygens (including phenoxy) is 1. The van der Waals surface area contributed by atoms with E-state index in [9.17, 15) is 9.59 Å². The van der Waals surface area contributed by atoms with E-state index in [-0.39, 0.29) is 18.1 Å². The Kier molecular flexibility index (Phi) is 8.13. The summed E-state index contributed by atoms with van der Waals surface area (Å²) in [5.74, 6) is -0.233. The van der Waals surface area contributed by atoms with Gasteiger partial charge in [-0.15, -0.1) is 0 Å². The van der Waals surface area contributed by atoms with Gasteiger partial charge in [-0.2, -0.15) is 0 Å². The van der Waals surface area contributed by atoms with E-state index in [2.05, 4.69) is 15.6 Å². The van der Waals surface area contributed by atoms with Gasteiger partial charge in [0.1, 0.15) is 0 Å². The number of carbonyl (C=O) groups excluding carboxylic acids is 2. The van der Waals surface area contributed by atoms with Gasteiger partial charge in [-0.3, -0.25) is 0 Å². The Labute approximate surface area is 130 Å². The number of nitrogens with one attached hydrogen (secondary N) is 2. The topological polar surface area (TPSA) is 89.6 Å². The molecule has 0 aromatic carbocycles. The number of carbonyl (C=O) groups is 2. The Balaban J connectivity index is 2.25. The van der Waals surface area contributed by atoms with Crippen LogP contribution in [0.2, 0.25) is 3.93 Å². The number of hydrogen-bond acceptors (Lipinski definition) is 5. The molecular formula is C12H17HgN3O4. The van der Waals surface area contributed by atoms with Gasteiger partial charge in [0.05, 0.1) is 0 Å². The SMILES string of the molecule is COC(CNC(=O)Nc1cccnc1)[CH2][Hg][O]C(C)=O. The van der Waals surface area contributed by atoms with E-state index >= 15 is 0 Å². The molecule has 0 bridgehead atoms. The average Bonchev–Trinajstić information content (AvgIpc) is 2.43. The van der Waals surface area contributed by atoms with E-state index in [1.807, 2.05) is 0 Å². The molecule has 0 aliphatic heterocycles. The molecule has 106 valence electrons. The minimum atomic E-state index is -1.68. The third-order valence-corrected chi connectivity index (χ3v) is 8.28. The predicted octanol–water partition coefficient (Wildman–Crippen LogP) is 1.20. The van der Waals surface area contributed by atoms with Gasteiger partial charge in [-0.1, -0.05) is 0 Å². The Hall–Kier alpha value is -1.21. The van der Waals surface area contributed by atoms with E-state index in [0.29, 0.717) is 12.2 Å².